The first-order valence-corrected chi connectivity index (χ1v) is 6.57. The third kappa shape index (κ3) is 3.24. The summed E-state index contributed by atoms with van der Waals surface area (Å²) in [5.41, 5.74) is 7.39. The molecule has 0 unspecified atom stereocenters. The Morgan fingerprint density at radius 3 is 2.90 bits per heavy atom. The zero-order valence-electron chi connectivity index (χ0n) is 11.5. The van der Waals surface area contributed by atoms with Gasteiger partial charge in [-0.05, 0) is 12.1 Å². The monoisotopic (exact) mass is 291 g/mol. The van der Waals surface area contributed by atoms with Crippen molar-refractivity contribution in [3.8, 4) is 5.75 Å². The number of rotatable bonds is 6. The SMILES string of the molecule is COc1ccc(C(N)=S)c(NCCc2nncn2C)c1. The van der Waals surface area contributed by atoms with Crippen LogP contribution in [0.25, 0.3) is 0 Å². The zero-order chi connectivity index (χ0) is 14.5. The van der Waals surface area contributed by atoms with Gasteiger partial charge in [-0.2, -0.15) is 0 Å². The number of hydrogen-bond donors (Lipinski definition) is 2. The number of thiocarbonyl (C=S) groups is 1. The molecule has 1 aromatic carbocycles. The molecular weight excluding hydrogens is 274 g/mol. The normalized spacial score (nSPS) is 10.3. The number of aryl methyl sites for hydroxylation is 1. The summed E-state index contributed by atoms with van der Waals surface area (Å²) in [4.78, 5) is 0.355. The minimum Gasteiger partial charge on any atom is -0.497 e. The molecule has 2 rings (SSSR count). The van der Waals surface area contributed by atoms with E-state index < -0.39 is 0 Å². The molecular formula is C13H17N5OS. The Balaban J connectivity index is 2.07. The summed E-state index contributed by atoms with van der Waals surface area (Å²) >= 11 is 5.05. The highest BCUT2D eigenvalue weighted by Crippen LogP contribution is 2.22. The average molecular weight is 291 g/mol. The molecule has 0 amide bonds. The van der Waals surface area contributed by atoms with Gasteiger partial charge in [0.1, 0.15) is 22.9 Å². The van der Waals surface area contributed by atoms with E-state index in [4.69, 9.17) is 22.7 Å². The van der Waals surface area contributed by atoms with Crippen LogP contribution in [0.15, 0.2) is 24.5 Å². The van der Waals surface area contributed by atoms with Crippen molar-refractivity contribution in [2.24, 2.45) is 12.8 Å². The van der Waals surface area contributed by atoms with Gasteiger partial charge in [0, 0.05) is 37.3 Å². The predicted octanol–water partition coefficient (Wildman–Crippen LogP) is 1.11. The number of benzene rings is 1. The van der Waals surface area contributed by atoms with E-state index in [9.17, 15) is 0 Å². The number of hydrogen-bond acceptors (Lipinski definition) is 5. The highest BCUT2D eigenvalue weighted by Gasteiger charge is 2.07. The summed E-state index contributed by atoms with van der Waals surface area (Å²) in [6, 6.07) is 5.57. The summed E-state index contributed by atoms with van der Waals surface area (Å²) in [6.45, 7) is 0.704. The first kappa shape index (κ1) is 14.3. The van der Waals surface area contributed by atoms with Crippen LogP contribution in [0, 0.1) is 0 Å². The summed E-state index contributed by atoms with van der Waals surface area (Å²) < 4.78 is 7.10. The first-order valence-electron chi connectivity index (χ1n) is 6.16. The van der Waals surface area contributed by atoms with Crippen LogP contribution >= 0.6 is 12.2 Å². The number of nitrogens with two attached hydrogens (primary N) is 1. The zero-order valence-corrected chi connectivity index (χ0v) is 12.3. The summed E-state index contributed by atoms with van der Waals surface area (Å²) in [6.07, 6.45) is 2.44. The van der Waals surface area contributed by atoms with E-state index in [-0.39, 0.29) is 0 Å². The second-order valence-corrected chi connectivity index (χ2v) is 4.75. The van der Waals surface area contributed by atoms with Crippen molar-refractivity contribution in [1.29, 1.82) is 0 Å². The Labute approximate surface area is 123 Å². The molecule has 0 saturated carbocycles. The number of ether oxygens (including phenoxy) is 1. The Kier molecular flexibility index (Phi) is 4.52. The minimum absolute atomic E-state index is 0.355. The highest BCUT2D eigenvalue weighted by atomic mass is 32.1. The van der Waals surface area contributed by atoms with E-state index in [1.807, 2.05) is 29.8 Å². The molecule has 0 spiro atoms. The molecule has 1 aromatic heterocycles. The van der Waals surface area contributed by atoms with Gasteiger partial charge in [0.15, 0.2) is 0 Å². The van der Waals surface area contributed by atoms with Crippen LogP contribution < -0.4 is 15.8 Å². The van der Waals surface area contributed by atoms with Crippen molar-refractivity contribution in [2.75, 3.05) is 19.0 Å². The maximum Gasteiger partial charge on any atom is 0.134 e. The van der Waals surface area contributed by atoms with E-state index in [0.29, 0.717) is 11.5 Å². The number of anilines is 1. The van der Waals surface area contributed by atoms with Crippen molar-refractivity contribution in [3.63, 3.8) is 0 Å². The molecule has 0 bridgehead atoms. The van der Waals surface area contributed by atoms with Crippen molar-refractivity contribution in [3.05, 3.63) is 35.9 Å². The smallest absolute Gasteiger partial charge is 0.134 e. The Bertz CT molecular complexity index is 611. The fourth-order valence-electron chi connectivity index (χ4n) is 1.85. The van der Waals surface area contributed by atoms with Crippen LogP contribution in [-0.4, -0.2) is 33.4 Å². The standard InChI is InChI=1S/C13H17N5OS/c1-18-8-16-17-12(18)5-6-15-11-7-9(19-2)3-4-10(11)13(14)20/h3-4,7-8,15H,5-6H2,1-2H3,(H2,14,20). The fraction of sp³-hybridized carbons (Fsp3) is 0.308. The third-order valence-electron chi connectivity index (χ3n) is 2.96. The molecule has 20 heavy (non-hydrogen) atoms. The van der Waals surface area contributed by atoms with Crippen molar-refractivity contribution in [1.82, 2.24) is 14.8 Å². The molecule has 0 aliphatic carbocycles. The second kappa shape index (κ2) is 6.33. The first-order chi connectivity index (χ1) is 9.61. The Morgan fingerprint density at radius 2 is 2.30 bits per heavy atom. The van der Waals surface area contributed by atoms with E-state index in [0.717, 1.165) is 29.2 Å². The van der Waals surface area contributed by atoms with Gasteiger partial charge in [-0.15, -0.1) is 10.2 Å². The quantitative estimate of drug-likeness (QED) is 0.776. The Morgan fingerprint density at radius 1 is 1.50 bits per heavy atom. The predicted molar refractivity (Wildman–Crippen MR) is 82.1 cm³/mol. The summed E-state index contributed by atoms with van der Waals surface area (Å²) in [5, 5.41) is 11.2. The van der Waals surface area contributed by atoms with Crippen LogP contribution in [0.5, 0.6) is 5.75 Å². The molecule has 106 valence electrons. The van der Waals surface area contributed by atoms with Gasteiger partial charge >= 0.3 is 0 Å². The minimum atomic E-state index is 0.355. The topological polar surface area (TPSA) is 78.0 Å². The molecule has 0 aliphatic heterocycles. The fourth-order valence-corrected chi connectivity index (χ4v) is 2.03. The third-order valence-corrected chi connectivity index (χ3v) is 3.18. The van der Waals surface area contributed by atoms with Crippen molar-refractivity contribution in [2.45, 2.75) is 6.42 Å². The molecule has 0 radical (unpaired) electrons. The maximum atomic E-state index is 5.72. The molecule has 6 nitrogen and oxygen atoms in total. The molecule has 0 aliphatic rings. The summed E-state index contributed by atoms with van der Waals surface area (Å²) in [5.74, 6) is 1.67. The van der Waals surface area contributed by atoms with Gasteiger partial charge in [-0.25, -0.2) is 0 Å². The van der Waals surface area contributed by atoms with E-state index in [2.05, 4.69) is 15.5 Å². The lowest BCUT2D eigenvalue weighted by Gasteiger charge is -2.12. The average Bonchev–Trinajstić information content (AvgIpc) is 2.84. The van der Waals surface area contributed by atoms with Gasteiger partial charge in [0.05, 0.1) is 7.11 Å². The molecule has 2 aromatic rings. The van der Waals surface area contributed by atoms with Gasteiger partial charge in [-0.3, -0.25) is 0 Å². The number of aromatic nitrogens is 3. The second-order valence-electron chi connectivity index (χ2n) is 4.31. The lowest BCUT2D eigenvalue weighted by atomic mass is 10.1. The molecule has 1 heterocycles. The number of nitrogens with zero attached hydrogens (tertiary/aromatic N) is 3. The highest BCUT2D eigenvalue weighted by molar-refractivity contribution is 7.80. The number of nitrogens with one attached hydrogen (secondary N) is 1. The van der Waals surface area contributed by atoms with E-state index in [1.54, 1.807) is 13.4 Å². The van der Waals surface area contributed by atoms with Crippen LogP contribution in [0.4, 0.5) is 5.69 Å². The van der Waals surface area contributed by atoms with Gasteiger partial charge in [0.2, 0.25) is 0 Å². The molecule has 0 atom stereocenters. The van der Waals surface area contributed by atoms with Crippen LogP contribution in [0.2, 0.25) is 0 Å². The molecule has 0 saturated heterocycles. The van der Waals surface area contributed by atoms with Crippen molar-refractivity contribution >= 4 is 22.9 Å². The largest absolute Gasteiger partial charge is 0.497 e. The molecule has 3 N–H and O–H groups in total. The number of methoxy groups -OCH3 is 1. The van der Waals surface area contributed by atoms with Gasteiger partial charge in [-0.1, -0.05) is 12.2 Å². The lowest BCUT2D eigenvalue weighted by molar-refractivity contribution is 0.415. The van der Waals surface area contributed by atoms with Crippen molar-refractivity contribution < 1.29 is 4.74 Å². The summed E-state index contributed by atoms with van der Waals surface area (Å²) in [7, 11) is 3.54. The van der Waals surface area contributed by atoms with Gasteiger partial charge < -0.3 is 20.4 Å². The van der Waals surface area contributed by atoms with Crippen LogP contribution in [-0.2, 0) is 13.5 Å². The van der Waals surface area contributed by atoms with Crippen LogP contribution in [0.3, 0.4) is 0 Å². The van der Waals surface area contributed by atoms with Crippen LogP contribution in [0.1, 0.15) is 11.4 Å². The molecule has 0 fully saturated rings. The maximum absolute atomic E-state index is 5.72. The van der Waals surface area contributed by atoms with E-state index >= 15 is 0 Å². The Hall–Kier alpha value is -2.15. The van der Waals surface area contributed by atoms with Gasteiger partial charge in [0.25, 0.3) is 0 Å². The lowest BCUT2D eigenvalue weighted by Crippen LogP contribution is -2.15. The van der Waals surface area contributed by atoms with E-state index in [1.165, 1.54) is 0 Å². The molecule has 7 heteroatoms.